The highest BCUT2D eigenvalue weighted by Gasteiger charge is 2.14. The summed E-state index contributed by atoms with van der Waals surface area (Å²) in [6, 6.07) is 13.5. The highest BCUT2D eigenvalue weighted by molar-refractivity contribution is 6.07. The van der Waals surface area contributed by atoms with Gasteiger partial charge in [0.2, 0.25) is 6.79 Å². The number of hydrogen-bond donors (Lipinski definition) is 2. The zero-order valence-electron chi connectivity index (χ0n) is 13.9. The smallest absolute Gasteiger partial charge is 0.267 e. The monoisotopic (exact) mass is 349 g/mol. The lowest BCUT2D eigenvalue weighted by Crippen LogP contribution is -2.14. The predicted molar refractivity (Wildman–Crippen MR) is 95.0 cm³/mol. The fourth-order valence-electron chi connectivity index (χ4n) is 2.28. The maximum absolute atomic E-state index is 12.2. The maximum atomic E-state index is 12.2. The fourth-order valence-corrected chi connectivity index (χ4v) is 2.28. The number of fused-ring (bicyclic) bond motifs is 1. The highest BCUT2D eigenvalue weighted by atomic mass is 16.7. The Morgan fingerprint density at radius 3 is 2.46 bits per heavy atom. The molecule has 2 aromatic carbocycles. The topological polar surface area (TPSA) is 100 Å². The van der Waals surface area contributed by atoms with Gasteiger partial charge < -0.3 is 20.1 Å². The summed E-state index contributed by atoms with van der Waals surface area (Å²) in [6.45, 7) is 1.63. The van der Waals surface area contributed by atoms with Crippen molar-refractivity contribution in [3.05, 3.63) is 59.8 Å². The molecule has 1 amide bonds. The second-order valence-corrected chi connectivity index (χ2v) is 5.47. The van der Waals surface area contributed by atoms with Gasteiger partial charge in [0.15, 0.2) is 17.3 Å². The average molecular weight is 349 g/mol. The number of Topliss-reactive ketones (excluding diaryl/α,β-unsaturated/α-hetero) is 1. The quantitative estimate of drug-likeness (QED) is 0.489. The average Bonchev–Trinajstić information content (AvgIpc) is 3.10. The van der Waals surface area contributed by atoms with Crippen LogP contribution in [0.5, 0.6) is 11.5 Å². The van der Waals surface area contributed by atoms with E-state index in [2.05, 4.69) is 10.6 Å². The van der Waals surface area contributed by atoms with Crippen molar-refractivity contribution in [3.8, 4) is 17.6 Å². The van der Waals surface area contributed by atoms with Crippen molar-refractivity contribution in [3.63, 3.8) is 0 Å². The van der Waals surface area contributed by atoms with E-state index in [1.54, 1.807) is 42.5 Å². The molecule has 1 heterocycles. The van der Waals surface area contributed by atoms with Crippen LogP contribution in [0.25, 0.3) is 0 Å². The van der Waals surface area contributed by atoms with Gasteiger partial charge >= 0.3 is 0 Å². The van der Waals surface area contributed by atoms with E-state index in [0.29, 0.717) is 28.4 Å². The Morgan fingerprint density at radius 1 is 1.08 bits per heavy atom. The van der Waals surface area contributed by atoms with Crippen molar-refractivity contribution in [2.24, 2.45) is 0 Å². The second kappa shape index (κ2) is 7.40. The van der Waals surface area contributed by atoms with Crippen LogP contribution in [0.3, 0.4) is 0 Å². The summed E-state index contributed by atoms with van der Waals surface area (Å²) in [7, 11) is 0. The number of anilines is 2. The maximum Gasteiger partial charge on any atom is 0.267 e. The van der Waals surface area contributed by atoms with Crippen LogP contribution in [0.4, 0.5) is 11.4 Å². The fraction of sp³-hybridized carbons (Fsp3) is 0.105. The number of benzene rings is 2. The molecule has 0 spiro atoms. The Balaban J connectivity index is 1.67. The lowest BCUT2D eigenvalue weighted by Gasteiger charge is -2.06. The zero-order valence-corrected chi connectivity index (χ0v) is 13.9. The molecule has 0 saturated carbocycles. The minimum Gasteiger partial charge on any atom is -0.454 e. The second-order valence-electron chi connectivity index (χ2n) is 5.47. The van der Waals surface area contributed by atoms with Gasteiger partial charge in [-0.25, -0.2) is 0 Å². The molecule has 26 heavy (non-hydrogen) atoms. The van der Waals surface area contributed by atoms with Gasteiger partial charge in [0.05, 0.1) is 0 Å². The van der Waals surface area contributed by atoms with Gasteiger partial charge in [-0.3, -0.25) is 9.59 Å². The van der Waals surface area contributed by atoms with E-state index in [1.165, 1.54) is 13.1 Å². The predicted octanol–water partition coefficient (Wildman–Crippen LogP) is 3.08. The summed E-state index contributed by atoms with van der Waals surface area (Å²) in [5, 5.41) is 14.7. The van der Waals surface area contributed by atoms with Crippen LogP contribution in [-0.2, 0) is 4.79 Å². The van der Waals surface area contributed by atoms with Crippen LogP contribution in [0.15, 0.2) is 54.2 Å². The number of nitriles is 1. The molecule has 0 radical (unpaired) electrons. The minimum atomic E-state index is -0.559. The van der Waals surface area contributed by atoms with E-state index in [4.69, 9.17) is 9.47 Å². The summed E-state index contributed by atoms with van der Waals surface area (Å²) in [5.41, 5.74) is 1.59. The molecule has 2 N–H and O–H groups in total. The standard InChI is InChI=1S/C19H15N3O4/c1-12(23)13-2-4-15(5-3-13)22-19(24)14(9-20)10-21-16-6-7-17-18(8-16)26-11-25-17/h2-8,10,21H,11H2,1H3,(H,22,24)/b14-10-. The van der Waals surface area contributed by atoms with Crippen LogP contribution in [-0.4, -0.2) is 18.5 Å². The van der Waals surface area contributed by atoms with Gasteiger partial charge in [0.1, 0.15) is 11.6 Å². The van der Waals surface area contributed by atoms with Crippen LogP contribution >= 0.6 is 0 Å². The zero-order chi connectivity index (χ0) is 18.5. The first-order chi connectivity index (χ1) is 12.6. The third-order valence-corrected chi connectivity index (χ3v) is 3.67. The number of rotatable bonds is 5. The van der Waals surface area contributed by atoms with Gasteiger partial charge in [-0.05, 0) is 43.3 Å². The molecule has 1 aliphatic rings. The molecule has 7 heteroatoms. The molecule has 0 fully saturated rings. The van der Waals surface area contributed by atoms with Crippen molar-refractivity contribution < 1.29 is 19.1 Å². The Kier molecular flexibility index (Phi) is 4.85. The lowest BCUT2D eigenvalue weighted by molar-refractivity contribution is -0.112. The van der Waals surface area contributed by atoms with E-state index in [1.807, 2.05) is 6.07 Å². The van der Waals surface area contributed by atoms with Gasteiger partial charge in [0.25, 0.3) is 5.91 Å². The molecule has 0 atom stereocenters. The number of carbonyl (C=O) groups excluding carboxylic acids is 2. The van der Waals surface area contributed by atoms with Gasteiger partial charge in [-0.1, -0.05) is 0 Å². The van der Waals surface area contributed by atoms with E-state index < -0.39 is 5.91 Å². The summed E-state index contributed by atoms with van der Waals surface area (Å²) in [4.78, 5) is 23.5. The van der Waals surface area contributed by atoms with E-state index in [9.17, 15) is 14.9 Å². The number of nitrogens with one attached hydrogen (secondary N) is 2. The summed E-state index contributed by atoms with van der Waals surface area (Å²) in [5.74, 6) is 0.619. The third kappa shape index (κ3) is 3.82. The van der Waals surface area contributed by atoms with Crippen LogP contribution in [0.1, 0.15) is 17.3 Å². The molecule has 3 rings (SSSR count). The van der Waals surface area contributed by atoms with Crippen LogP contribution in [0.2, 0.25) is 0 Å². The molecule has 0 aromatic heterocycles. The van der Waals surface area contributed by atoms with E-state index >= 15 is 0 Å². The first-order valence-electron chi connectivity index (χ1n) is 7.75. The number of ether oxygens (including phenoxy) is 2. The Labute approximate surface area is 149 Å². The number of nitrogens with zero attached hydrogens (tertiary/aromatic N) is 1. The van der Waals surface area contributed by atoms with Gasteiger partial charge in [0, 0.05) is 29.2 Å². The number of hydrogen-bond acceptors (Lipinski definition) is 6. The summed E-state index contributed by atoms with van der Waals surface area (Å²) >= 11 is 0. The van der Waals surface area contributed by atoms with E-state index in [-0.39, 0.29) is 18.1 Å². The minimum absolute atomic E-state index is 0.0617. The molecule has 0 saturated heterocycles. The summed E-state index contributed by atoms with van der Waals surface area (Å²) < 4.78 is 10.5. The van der Waals surface area contributed by atoms with Crippen LogP contribution in [0, 0.1) is 11.3 Å². The molecular formula is C19H15N3O4. The first kappa shape index (κ1) is 17.0. The van der Waals surface area contributed by atoms with Gasteiger partial charge in [-0.15, -0.1) is 0 Å². The number of carbonyl (C=O) groups is 2. The lowest BCUT2D eigenvalue weighted by atomic mass is 10.1. The van der Waals surface area contributed by atoms with Crippen LogP contribution < -0.4 is 20.1 Å². The first-order valence-corrected chi connectivity index (χ1v) is 7.75. The Bertz CT molecular complexity index is 927. The number of ketones is 1. The molecule has 130 valence electrons. The molecule has 0 unspecified atom stereocenters. The van der Waals surface area contributed by atoms with E-state index in [0.717, 1.165) is 0 Å². The third-order valence-electron chi connectivity index (χ3n) is 3.67. The number of amides is 1. The van der Waals surface area contributed by atoms with Crippen molar-refractivity contribution in [1.29, 1.82) is 5.26 Å². The Morgan fingerprint density at radius 2 is 1.77 bits per heavy atom. The highest BCUT2D eigenvalue weighted by Crippen LogP contribution is 2.34. The molecular weight excluding hydrogens is 334 g/mol. The molecule has 2 aromatic rings. The van der Waals surface area contributed by atoms with Crippen molar-refractivity contribution in [1.82, 2.24) is 0 Å². The molecule has 0 bridgehead atoms. The van der Waals surface area contributed by atoms with Crippen molar-refractivity contribution in [2.75, 3.05) is 17.4 Å². The normalized spacial score (nSPS) is 12.2. The van der Waals surface area contributed by atoms with Crippen molar-refractivity contribution >= 4 is 23.1 Å². The SMILES string of the molecule is CC(=O)c1ccc(NC(=O)/C(C#N)=C\Nc2ccc3c(c2)OCO3)cc1. The Hall–Kier alpha value is -3.79. The molecule has 0 aliphatic carbocycles. The largest absolute Gasteiger partial charge is 0.454 e. The molecule has 1 aliphatic heterocycles. The van der Waals surface area contributed by atoms with Crippen molar-refractivity contribution in [2.45, 2.75) is 6.92 Å². The van der Waals surface area contributed by atoms with Gasteiger partial charge in [-0.2, -0.15) is 5.26 Å². The summed E-state index contributed by atoms with van der Waals surface area (Å²) in [6.07, 6.45) is 1.32. The molecule has 7 nitrogen and oxygen atoms in total.